The van der Waals surface area contributed by atoms with E-state index < -0.39 is 5.82 Å². The SMILES string of the molecule is C=CC(=O)N1CCCC(Nc2nc(Nc3ccc4c(c3)CN(C3CC3)C4)ncc2F)C1. The molecule has 1 saturated carbocycles. The van der Waals surface area contributed by atoms with E-state index >= 15 is 0 Å². The van der Waals surface area contributed by atoms with Crippen LogP contribution in [0.4, 0.5) is 21.8 Å². The van der Waals surface area contributed by atoms with Gasteiger partial charge in [0.25, 0.3) is 0 Å². The Hall–Kier alpha value is -3.00. The number of halogens is 1. The van der Waals surface area contributed by atoms with E-state index in [1.165, 1.54) is 36.2 Å². The highest BCUT2D eigenvalue weighted by Gasteiger charge is 2.33. The molecule has 2 aromatic rings. The van der Waals surface area contributed by atoms with Gasteiger partial charge in [0.15, 0.2) is 11.6 Å². The Balaban J connectivity index is 1.26. The number of carbonyl (C=O) groups is 1. The van der Waals surface area contributed by atoms with E-state index in [-0.39, 0.29) is 17.8 Å². The number of aromatic nitrogens is 2. The fourth-order valence-corrected chi connectivity index (χ4v) is 4.47. The minimum Gasteiger partial charge on any atom is -0.363 e. The van der Waals surface area contributed by atoms with Crippen molar-refractivity contribution in [2.24, 2.45) is 0 Å². The van der Waals surface area contributed by atoms with Gasteiger partial charge in [-0.25, -0.2) is 9.37 Å². The molecule has 7 nitrogen and oxygen atoms in total. The normalized spacial score (nSPS) is 20.9. The highest BCUT2D eigenvalue weighted by molar-refractivity contribution is 5.87. The summed E-state index contributed by atoms with van der Waals surface area (Å²) >= 11 is 0. The molecular weight excluding hydrogens is 395 g/mol. The number of piperidine rings is 1. The van der Waals surface area contributed by atoms with Crippen molar-refractivity contribution >= 4 is 23.4 Å². The number of fused-ring (bicyclic) bond motifs is 1. The van der Waals surface area contributed by atoms with Crippen molar-refractivity contribution < 1.29 is 9.18 Å². The van der Waals surface area contributed by atoms with E-state index in [0.29, 0.717) is 19.0 Å². The molecule has 1 atom stereocenters. The first-order chi connectivity index (χ1) is 15.1. The van der Waals surface area contributed by atoms with Gasteiger partial charge >= 0.3 is 0 Å². The number of rotatable bonds is 6. The van der Waals surface area contributed by atoms with Crippen LogP contribution >= 0.6 is 0 Å². The number of amides is 1. The largest absolute Gasteiger partial charge is 0.363 e. The summed E-state index contributed by atoms with van der Waals surface area (Å²) in [4.78, 5) is 24.6. The van der Waals surface area contributed by atoms with Gasteiger partial charge in [-0.05, 0) is 55.0 Å². The fourth-order valence-electron chi connectivity index (χ4n) is 4.47. The van der Waals surface area contributed by atoms with Crippen molar-refractivity contribution in [3.63, 3.8) is 0 Å². The van der Waals surface area contributed by atoms with Gasteiger partial charge in [-0.15, -0.1) is 0 Å². The van der Waals surface area contributed by atoms with Crippen LogP contribution in [0.2, 0.25) is 0 Å². The molecule has 0 bridgehead atoms. The topological polar surface area (TPSA) is 73.4 Å². The van der Waals surface area contributed by atoms with Gasteiger partial charge in [-0.3, -0.25) is 9.69 Å². The average Bonchev–Trinajstić information content (AvgIpc) is 3.55. The predicted octanol–water partition coefficient (Wildman–Crippen LogP) is 3.43. The number of hydrogen-bond acceptors (Lipinski definition) is 6. The standard InChI is InChI=1S/C23H27FN6O/c1-2-21(31)29-9-3-4-18(14-29)26-22-20(24)11-25-23(28-22)27-17-6-5-15-12-30(19-7-8-19)13-16(15)10-17/h2,5-6,10-11,18-19H,1,3-4,7-9,12-14H2,(H2,25,26,27,28). The molecule has 31 heavy (non-hydrogen) atoms. The number of benzene rings is 1. The van der Waals surface area contributed by atoms with Crippen molar-refractivity contribution in [1.82, 2.24) is 19.8 Å². The summed E-state index contributed by atoms with van der Waals surface area (Å²) in [5, 5.41) is 6.36. The van der Waals surface area contributed by atoms with Crippen molar-refractivity contribution in [1.29, 1.82) is 0 Å². The van der Waals surface area contributed by atoms with E-state index in [2.05, 4.69) is 44.2 Å². The van der Waals surface area contributed by atoms with Crippen LogP contribution in [0.5, 0.6) is 0 Å². The van der Waals surface area contributed by atoms with Gasteiger partial charge in [-0.1, -0.05) is 12.6 Å². The maximum absolute atomic E-state index is 14.4. The second kappa shape index (κ2) is 8.26. The minimum absolute atomic E-state index is 0.0664. The van der Waals surface area contributed by atoms with Gasteiger partial charge in [0, 0.05) is 44.0 Å². The number of carbonyl (C=O) groups excluding carboxylic acids is 1. The van der Waals surface area contributed by atoms with Crippen LogP contribution in [0.1, 0.15) is 36.8 Å². The lowest BCUT2D eigenvalue weighted by Crippen LogP contribution is -2.44. The minimum atomic E-state index is -0.508. The molecule has 1 saturated heterocycles. The van der Waals surface area contributed by atoms with E-state index in [1.54, 1.807) is 4.90 Å². The Kier molecular flexibility index (Phi) is 5.31. The molecule has 1 unspecified atom stereocenters. The zero-order valence-electron chi connectivity index (χ0n) is 17.5. The van der Waals surface area contributed by atoms with Gasteiger partial charge in [0.05, 0.1) is 6.20 Å². The molecule has 1 aromatic carbocycles. The molecule has 0 spiro atoms. The van der Waals surface area contributed by atoms with Crippen LogP contribution < -0.4 is 10.6 Å². The van der Waals surface area contributed by atoms with Crippen molar-refractivity contribution in [3.8, 4) is 0 Å². The summed E-state index contributed by atoms with van der Waals surface area (Å²) in [5.41, 5.74) is 3.59. The first-order valence-corrected chi connectivity index (χ1v) is 10.9. The summed E-state index contributed by atoms with van der Waals surface area (Å²) in [6, 6.07) is 6.99. The Morgan fingerprint density at radius 3 is 2.87 bits per heavy atom. The van der Waals surface area contributed by atoms with E-state index in [1.807, 2.05) is 6.07 Å². The quantitative estimate of drug-likeness (QED) is 0.695. The molecule has 1 amide bonds. The second-order valence-electron chi connectivity index (χ2n) is 8.61. The van der Waals surface area contributed by atoms with E-state index in [0.717, 1.165) is 37.7 Å². The van der Waals surface area contributed by atoms with Crippen LogP contribution in [0.3, 0.4) is 0 Å². The third-order valence-corrected chi connectivity index (χ3v) is 6.27. The Morgan fingerprint density at radius 2 is 2.06 bits per heavy atom. The molecule has 1 aliphatic carbocycles. The molecule has 2 N–H and O–H groups in total. The molecular formula is C23H27FN6O. The van der Waals surface area contributed by atoms with Gasteiger partial charge < -0.3 is 15.5 Å². The maximum atomic E-state index is 14.4. The first-order valence-electron chi connectivity index (χ1n) is 10.9. The van der Waals surface area contributed by atoms with Crippen LogP contribution in [0.15, 0.2) is 37.1 Å². The third kappa shape index (κ3) is 4.39. The molecule has 162 valence electrons. The highest BCUT2D eigenvalue weighted by atomic mass is 19.1. The average molecular weight is 423 g/mol. The molecule has 2 fully saturated rings. The number of hydrogen-bond donors (Lipinski definition) is 2. The van der Waals surface area contributed by atoms with E-state index in [9.17, 15) is 9.18 Å². The highest BCUT2D eigenvalue weighted by Crippen LogP contribution is 2.35. The molecule has 1 aromatic heterocycles. The smallest absolute Gasteiger partial charge is 0.246 e. The van der Waals surface area contributed by atoms with Gasteiger partial charge in [0.1, 0.15) is 0 Å². The number of likely N-dealkylation sites (tertiary alicyclic amines) is 1. The van der Waals surface area contributed by atoms with Gasteiger partial charge in [0.2, 0.25) is 11.9 Å². The van der Waals surface area contributed by atoms with Crippen molar-refractivity contribution in [2.75, 3.05) is 23.7 Å². The second-order valence-corrected chi connectivity index (χ2v) is 8.61. The number of anilines is 3. The van der Waals surface area contributed by atoms with Crippen LogP contribution in [-0.2, 0) is 17.9 Å². The first kappa shape index (κ1) is 19.9. The Bertz CT molecular complexity index is 1010. The lowest BCUT2D eigenvalue weighted by atomic mass is 10.1. The maximum Gasteiger partial charge on any atom is 0.246 e. The molecule has 3 heterocycles. The summed E-state index contributed by atoms with van der Waals surface area (Å²) < 4.78 is 14.4. The fraction of sp³-hybridized carbons (Fsp3) is 0.435. The Morgan fingerprint density at radius 1 is 1.23 bits per heavy atom. The van der Waals surface area contributed by atoms with Gasteiger partial charge in [-0.2, -0.15) is 4.98 Å². The molecule has 5 rings (SSSR count). The Labute approximate surface area is 181 Å². The summed E-state index contributed by atoms with van der Waals surface area (Å²) in [6.45, 7) is 6.74. The third-order valence-electron chi connectivity index (χ3n) is 6.27. The molecule has 3 aliphatic rings. The molecule has 0 radical (unpaired) electrons. The van der Waals surface area contributed by atoms with E-state index in [4.69, 9.17) is 0 Å². The summed E-state index contributed by atoms with van der Waals surface area (Å²) in [5.74, 6) is -0.118. The van der Waals surface area contributed by atoms with Crippen molar-refractivity contribution in [2.45, 2.75) is 50.9 Å². The van der Waals surface area contributed by atoms with Crippen LogP contribution in [-0.4, -0.2) is 50.8 Å². The number of nitrogens with one attached hydrogen (secondary N) is 2. The number of nitrogens with zero attached hydrogens (tertiary/aromatic N) is 4. The lowest BCUT2D eigenvalue weighted by Gasteiger charge is -2.32. The molecule has 8 heteroatoms. The summed E-state index contributed by atoms with van der Waals surface area (Å²) in [6.07, 6.45) is 6.79. The van der Waals surface area contributed by atoms with Crippen LogP contribution in [0.25, 0.3) is 0 Å². The zero-order valence-corrected chi connectivity index (χ0v) is 17.5. The summed E-state index contributed by atoms with van der Waals surface area (Å²) in [7, 11) is 0. The molecule has 2 aliphatic heterocycles. The zero-order chi connectivity index (χ0) is 21.4. The lowest BCUT2D eigenvalue weighted by molar-refractivity contribution is -0.127. The predicted molar refractivity (Wildman–Crippen MR) is 117 cm³/mol. The monoisotopic (exact) mass is 422 g/mol. The van der Waals surface area contributed by atoms with Crippen LogP contribution in [0, 0.1) is 5.82 Å². The van der Waals surface area contributed by atoms with Crippen molar-refractivity contribution in [3.05, 3.63) is 54.0 Å².